The Labute approximate surface area is 126 Å². The lowest BCUT2D eigenvalue weighted by molar-refractivity contribution is -0.129. The van der Waals surface area contributed by atoms with E-state index in [4.69, 9.17) is 4.74 Å². The number of carbonyl (C=O) groups excluding carboxylic acids is 2. The Morgan fingerprint density at radius 1 is 1.29 bits per heavy atom. The van der Waals surface area contributed by atoms with Crippen molar-refractivity contribution in [1.82, 2.24) is 10.6 Å². The van der Waals surface area contributed by atoms with E-state index in [1.165, 1.54) is 0 Å². The van der Waals surface area contributed by atoms with Crippen molar-refractivity contribution in [2.75, 3.05) is 14.2 Å². The van der Waals surface area contributed by atoms with Crippen molar-refractivity contribution in [2.24, 2.45) is 0 Å². The molecule has 5 heteroatoms. The summed E-state index contributed by atoms with van der Waals surface area (Å²) in [4.78, 5) is 23.7. The highest BCUT2D eigenvalue weighted by atomic mass is 16.5. The predicted octanol–water partition coefficient (Wildman–Crippen LogP) is 1.83. The zero-order valence-electron chi connectivity index (χ0n) is 13.1. The minimum absolute atomic E-state index is 0.0170. The Morgan fingerprint density at radius 2 is 1.95 bits per heavy atom. The van der Waals surface area contributed by atoms with Gasteiger partial charge < -0.3 is 15.4 Å². The standard InChI is InChI=1S/C16H24N2O3/c1-5-13(16(20)17-3)18-15(19)10-11(2)12-8-6-7-9-14(12)21-4/h6-9,11,13H,5,10H2,1-4H3,(H,17,20)(H,18,19)/t11-,13+/m1/s1. The van der Waals surface area contributed by atoms with Gasteiger partial charge in [-0.2, -0.15) is 0 Å². The normalized spacial score (nSPS) is 13.1. The highest BCUT2D eigenvalue weighted by Gasteiger charge is 2.20. The van der Waals surface area contributed by atoms with Crippen LogP contribution in [0.2, 0.25) is 0 Å². The van der Waals surface area contributed by atoms with Crippen molar-refractivity contribution in [3.05, 3.63) is 29.8 Å². The Morgan fingerprint density at radius 3 is 2.52 bits per heavy atom. The minimum Gasteiger partial charge on any atom is -0.496 e. The van der Waals surface area contributed by atoms with E-state index < -0.39 is 6.04 Å². The van der Waals surface area contributed by atoms with Crippen molar-refractivity contribution < 1.29 is 14.3 Å². The van der Waals surface area contributed by atoms with Crippen LogP contribution in [0.3, 0.4) is 0 Å². The molecule has 1 aromatic carbocycles. The number of hydrogen-bond donors (Lipinski definition) is 2. The average Bonchev–Trinajstić information content (AvgIpc) is 2.51. The SMILES string of the molecule is CC[C@H](NC(=O)C[C@@H](C)c1ccccc1OC)C(=O)NC. The van der Waals surface area contributed by atoms with E-state index in [0.29, 0.717) is 12.8 Å². The van der Waals surface area contributed by atoms with Crippen molar-refractivity contribution in [1.29, 1.82) is 0 Å². The van der Waals surface area contributed by atoms with E-state index in [9.17, 15) is 9.59 Å². The Hall–Kier alpha value is -2.04. The van der Waals surface area contributed by atoms with Crippen LogP contribution >= 0.6 is 0 Å². The minimum atomic E-state index is -0.479. The summed E-state index contributed by atoms with van der Waals surface area (Å²) in [5, 5.41) is 5.31. The van der Waals surface area contributed by atoms with Gasteiger partial charge in [0, 0.05) is 13.5 Å². The number of methoxy groups -OCH3 is 1. The van der Waals surface area contributed by atoms with Crippen LogP contribution in [0.5, 0.6) is 5.75 Å². The molecule has 0 unspecified atom stereocenters. The third-order valence-corrected chi connectivity index (χ3v) is 3.47. The molecule has 0 saturated heterocycles. The summed E-state index contributed by atoms with van der Waals surface area (Å²) in [6.07, 6.45) is 0.877. The van der Waals surface area contributed by atoms with Crippen molar-refractivity contribution in [3.8, 4) is 5.75 Å². The van der Waals surface area contributed by atoms with Crippen LogP contribution in [0, 0.1) is 0 Å². The molecule has 0 radical (unpaired) electrons. The monoisotopic (exact) mass is 292 g/mol. The van der Waals surface area contributed by atoms with Crippen LogP contribution in [0.15, 0.2) is 24.3 Å². The van der Waals surface area contributed by atoms with Gasteiger partial charge in [0.15, 0.2) is 0 Å². The van der Waals surface area contributed by atoms with Crippen molar-refractivity contribution in [2.45, 2.75) is 38.6 Å². The summed E-state index contributed by atoms with van der Waals surface area (Å²) < 4.78 is 5.31. The van der Waals surface area contributed by atoms with E-state index >= 15 is 0 Å². The number of amides is 2. The fourth-order valence-corrected chi connectivity index (χ4v) is 2.24. The lowest BCUT2D eigenvalue weighted by Gasteiger charge is -2.18. The predicted molar refractivity (Wildman–Crippen MR) is 82.3 cm³/mol. The fraction of sp³-hybridized carbons (Fsp3) is 0.500. The zero-order chi connectivity index (χ0) is 15.8. The third kappa shape index (κ3) is 4.77. The molecular formula is C16H24N2O3. The lowest BCUT2D eigenvalue weighted by atomic mass is 9.96. The van der Waals surface area contributed by atoms with Crippen molar-refractivity contribution >= 4 is 11.8 Å². The Balaban J connectivity index is 2.67. The third-order valence-electron chi connectivity index (χ3n) is 3.47. The molecule has 2 atom stereocenters. The fourth-order valence-electron chi connectivity index (χ4n) is 2.24. The molecule has 116 valence electrons. The summed E-state index contributed by atoms with van der Waals surface area (Å²) in [6, 6.07) is 7.17. The van der Waals surface area contributed by atoms with E-state index in [1.807, 2.05) is 38.1 Å². The van der Waals surface area contributed by atoms with Crippen LogP contribution in [-0.2, 0) is 9.59 Å². The summed E-state index contributed by atoms with van der Waals surface area (Å²) >= 11 is 0. The van der Waals surface area contributed by atoms with E-state index in [-0.39, 0.29) is 17.7 Å². The van der Waals surface area contributed by atoms with Gasteiger partial charge in [-0.05, 0) is 24.0 Å². The second-order valence-corrected chi connectivity index (χ2v) is 4.99. The first-order valence-electron chi connectivity index (χ1n) is 7.17. The van der Waals surface area contributed by atoms with Gasteiger partial charge in [0.2, 0.25) is 11.8 Å². The smallest absolute Gasteiger partial charge is 0.242 e. The second kappa shape index (κ2) is 8.29. The molecule has 5 nitrogen and oxygen atoms in total. The number of benzene rings is 1. The molecule has 21 heavy (non-hydrogen) atoms. The van der Waals surface area contributed by atoms with E-state index in [1.54, 1.807) is 14.2 Å². The number of likely N-dealkylation sites (N-methyl/N-ethyl adjacent to an activating group) is 1. The first kappa shape index (κ1) is 17.0. The zero-order valence-corrected chi connectivity index (χ0v) is 13.1. The quantitative estimate of drug-likeness (QED) is 0.805. The van der Waals surface area contributed by atoms with Gasteiger partial charge in [-0.25, -0.2) is 0 Å². The number of para-hydroxylation sites is 1. The van der Waals surface area contributed by atoms with Crippen LogP contribution in [-0.4, -0.2) is 32.0 Å². The summed E-state index contributed by atoms with van der Waals surface area (Å²) in [5.74, 6) is 0.485. The van der Waals surface area contributed by atoms with Crippen LogP contribution in [0.4, 0.5) is 0 Å². The summed E-state index contributed by atoms with van der Waals surface area (Å²) in [5.41, 5.74) is 0.989. The first-order chi connectivity index (χ1) is 10.0. The molecule has 1 rings (SSSR count). The lowest BCUT2D eigenvalue weighted by Crippen LogP contribution is -2.45. The molecule has 0 spiro atoms. The highest BCUT2D eigenvalue weighted by Crippen LogP contribution is 2.28. The Kier molecular flexibility index (Phi) is 6.72. The topological polar surface area (TPSA) is 67.4 Å². The Bertz CT molecular complexity index is 488. The van der Waals surface area contributed by atoms with Gasteiger partial charge in [-0.15, -0.1) is 0 Å². The number of rotatable bonds is 7. The molecular weight excluding hydrogens is 268 g/mol. The number of carbonyl (C=O) groups is 2. The van der Waals surface area contributed by atoms with Gasteiger partial charge in [-0.3, -0.25) is 9.59 Å². The molecule has 0 aliphatic rings. The van der Waals surface area contributed by atoms with Gasteiger partial charge in [-0.1, -0.05) is 32.0 Å². The van der Waals surface area contributed by atoms with Crippen LogP contribution in [0.25, 0.3) is 0 Å². The summed E-state index contributed by atoms with van der Waals surface area (Å²) in [6.45, 7) is 3.84. The molecule has 0 bridgehead atoms. The maximum atomic E-state index is 12.1. The largest absolute Gasteiger partial charge is 0.496 e. The second-order valence-electron chi connectivity index (χ2n) is 4.99. The molecule has 0 aliphatic carbocycles. The van der Waals surface area contributed by atoms with Gasteiger partial charge in [0.25, 0.3) is 0 Å². The molecule has 1 aromatic rings. The molecule has 2 amide bonds. The molecule has 0 aliphatic heterocycles. The number of hydrogen-bond acceptors (Lipinski definition) is 3. The number of ether oxygens (including phenoxy) is 1. The maximum absolute atomic E-state index is 12.1. The molecule has 0 heterocycles. The molecule has 2 N–H and O–H groups in total. The van der Waals surface area contributed by atoms with E-state index in [2.05, 4.69) is 10.6 Å². The number of nitrogens with one attached hydrogen (secondary N) is 2. The molecule has 0 saturated carbocycles. The van der Waals surface area contributed by atoms with Gasteiger partial charge >= 0.3 is 0 Å². The van der Waals surface area contributed by atoms with Gasteiger partial charge in [0.05, 0.1) is 7.11 Å². The summed E-state index contributed by atoms with van der Waals surface area (Å²) in [7, 11) is 3.18. The van der Waals surface area contributed by atoms with Crippen LogP contribution in [0.1, 0.15) is 38.2 Å². The van der Waals surface area contributed by atoms with Crippen LogP contribution < -0.4 is 15.4 Å². The highest BCUT2D eigenvalue weighted by molar-refractivity contribution is 5.87. The van der Waals surface area contributed by atoms with E-state index in [0.717, 1.165) is 11.3 Å². The average molecular weight is 292 g/mol. The molecule has 0 fully saturated rings. The first-order valence-corrected chi connectivity index (χ1v) is 7.17. The molecule has 0 aromatic heterocycles. The van der Waals surface area contributed by atoms with Gasteiger partial charge in [0.1, 0.15) is 11.8 Å². The van der Waals surface area contributed by atoms with Crippen molar-refractivity contribution in [3.63, 3.8) is 0 Å². The maximum Gasteiger partial charge on any atom is 0.242 e.